The molecule has 1 aromatic rings. The molecule has 0 heterocycles. The third kappa shape index (κ3) is 5.42. The van der Waals surface area contributed by atoms with Crippen molar-refractivity contribution in [2.45, 2.75) is 17.3 Å². The molecule has 0 aromatic heterocycles. The van der Waals surface area contributed by atoms with Gasteiger partial charge in [0.25, 0.3) is 0 Å². The van der Waals surface area contributed by atoms with Gasteiger partial charge in [-0.15, -0.1) is 0 Å². The molecule has 1 rings (SSSR count). The molecule has 0 fully saturated rings. The van der Waals surface area contributed by atoms with Gasteiger partial charge in [-0.05, 0) is 30.8 Å². The van der Waals surface area contributed by atoms with Crippen LogP contribution in [-0.2, 0) is 9.53 Å². The smallest absolute Gasteiger partial charge is 0.372 e. The van der Waals surface area contributed by atoms with Crippen molar-refractivity contribution >= 4 is 23.4 Å². The topological polar surface area (TPSA) is 38.3 Å². The van der Waals surface area contributed by atoms with E-state index in [-0.39, 0.29) is 29.0 Å². The van der Waals surface area contributed by atoms with Crippen molar-refractivity contribution in [3.63, 3.8) is 0 Å². The Bertz CT molecular complexity index is 410. The van der Waals surface area contributed by atoms with E-state index in [0.29, 0.717) is 6.61 Å². The Kier molecular flexibility index (Phi) is 5.49. The van der Waals surface area contributed by atoms with E-state index < -0.39 is 11.4 Å². The first-order chi connectivity index (χ1) is 8.42. The summed E-state index contributed by atoms with van der Waals surface area (Å²) < 4.78 is 41.7. The maximum absolute atomic E-state index is 12.3. The number of alkyl halides is 3. The van der Waals surface area contributed by atoms with Gasteiger partial charge in [0.05, 0.1) is 5.69 Å². The van der Waals surface area contributed by atoms with Crippen LogP contribution in [0.2, 0.25) is 0 Å². The van der Waals surface area contributed by atoms with Gasteiger partial charge in [-0.3, -0.25) is 4.79 Å². The Morgan fingerprint density at radius 2 is 2.06 bits per heavy atom. The summed E-state index contributed by atoms with van der Waals surface area (Å²) in [4.78, 5) is 11.3. The fourth-order valence-electron chi connectivity index (χ4n) is 1.16. The summed E-state index contributed by atoms with van der Waals surface area (Å²) in [6.07, 6.45) is 0. The van der Waals surface area contributed by atoms with Gasteiger partial charge >= 0.3 is 5.51 Å². The number of para-hydroxylation sites is 1. The average Bonchev–Trinajstić information content (AvgIpc) is 2.27. The summed E-state index contributed by atoms with van der Waals surface area (Å²) in [6.45, 7) is 1.91. The summed E-state index contributed by atoms with van der Waals surface area (Å²) in [6, 6.07) is 5.75. The first kappa shape index (κ1) is 14.8. The van der Waals surface area contributed by atoms with Crippen molar-refractivity contribution in [2.24, 2.45) is 0 Å². The molecule has 0 aliphatic heterocycles. The quantitative estimate of drug-likeness (QED) is 0.841. The number of carbonyl (C=O) groups is 1. The summed E-state index contributed by atoms with van der Waals surface area (Å²) in [7, 11) is 0. The van der Waals surface area contributed by atoms with Crippen molar-refractivity contribution in [2.75, 3.05) is 18.5 Å². The van der Waals surface area contributed by atoms with Crippen molar-refractivity contribution in [3.8, 4) is 0 Å². The number of hydrogen-bond acceptors (Lipinski definition) is 3. The highest BCUT2D eigenvalue weighted by Gasteiger charge is 2.30. The van der Waals surface area contributed by atoms with Crippen molar-refractivity contribution in [1.29, 1.82) is 0 Å². The molecule has 0 radical (unpaired) electrons. The molecular weight excluding hydrogens is 267 g/mol. The molecule has 0 saturated heterocycles. The van der Waals surface area contributed by atoms with E-state index in [2.05, 4.69) is 5.32 Å². The predicted molar refractivity (Wildman–Crippen MR) is 63.5 cm³/mol. The van der Waals surface area contributed by atoms with E-state index in [1.165, 1.54) is 18.2 Å². The molecule has 0 saturated carbocycles. The van der Waals surface area contributed by atoms with E-state index in [0.717, 1.165) is 0 Å². The molecular formula is C11H12F3NO2S. The maximum Gasteiger partial charge on any atom is 0.446 e. The lowest BCUT2D eigenvalue weighted by molar-refractivity contribution is -0.120. The number of anilines is 1. The van der Waals surface area contributed by atoms with Gasteiger partial charge in [-0.2, -0.15) is 13.2 Å². The number of benzene rings is 1. The van der Waals surface area contributed by atoms with E-state index in [1.807, 2.05) is 0 Å². The third-order valence-corrected chi connectivity index (χ3v) is 2.63. The normalized spacial score (nSPS) is 11.3. The summed E-state index contributed by atoms with van der Waals surface area (Å²) in [5, 5.41) is 2.38. The minimum Gasteiger partial charge on any atom is -0.372 e. The molecule has 0 atom stereocenters. The Morgan fingerprint density at radius 1 is 1.39 bits per heavy atom. The number of amides is 1. The first-order valence-electron chi connectivity index (χ1n) is 5.14. The molecule has 0 aliphatic rings. The number of halogens is 3. The number of nitrogens with one attached hydrogen (secondary N) is 1. The highest BCUT2D eigenvalue weighted by Crippen LogP contribution is 2.40. The lowest BCUT2D eigenvalue weighted by Crippen LogP contribution is -2.18. The summed E-state index contributed by atoms with van der Waals surface area (Å²) in [5.41, 5.74) is -4.26. The molecule has 1 N–H and O–H groups in total. The molecule has 18 heavy (non-hydrogen) atoms. The van der Waals surface area contributed by atoms with Crippen LogP contribution in [0, 0.1) is 0 Å². The molecule has 0 aliphatic carbocycles. The van der Waals surface area contributed by atoms with Crippen LogP contribution in [0.5, 0.6) is 0 Å². The number of ether oxygens (including phenoxy) is 1. The average molecular weight is 279 g/mol. The van der Waals surface area contributed by atoms with Crippen LogP contribution < -0.4 is 5.32 Å². The van der Waals surface area contributed by atoms with E-state index in [4.69, 9.17) is 4.74 Å². The number of thioether (sulfide) groups is 1. The second kappa shape index (κ2) is 6.65. The standard InChI is InChI=1S/C11H12F3NO2S/c1-2-17-7-10(16)15-8-5-3-4-6-9(8)18-11(12,13)14/h3-6H,2,7H2,1H3,(H,15,16). The van der Waals surface area contributed by atoms with E-state index >= 15 is 0 Å². The highest BCUT2D eigenvalue weighted by molar-refractivity contribution is 8.00. The van der Waals surface area contributed by atoms with Gasteiger partial charge in [-0.25, -0.2) is 0 Å². The molecule has 0 spiro atoms. The van der Waals surface area contributed by atoms with Crippen molar-refractivity contribution in [3.05, 3.63) is 24.3 Å². The van der Waals surface area contributed by atoms with Gasteiger partial charge in [0.1, 0.15) is 6.61 Å². The van der Waals surface area contributed by atoms with Crippen LogP contribution in [0.15, 0.2) is 29.2 Å². The Balaban J connectivity index is 2.73. The maximum atomic E-state index is 12.3. The molecule has 1 amide bonds. The number of carbonyl (C=O) groups excluding carboxylic acids is 1. The van der Waals surface area contributed by atoms with Gasteiger partial charge < -0.3 is 10.1 Å². The molecule has 1 aromatic carbocycles. The minimum absolute atomic E-state index is 0.0464. The Labute approximate surface area is 107 Å². The first-order valence-corrected chi connectivity index (χ1v) is 5.96. The fraction of sp³-hybridized carbons (Fsp3) is 0.364. The third-order valence-electron chi connectivity index (χ3n) is 1.82. The van der Waals surface area contributed by atoms with E-state index in [1.54, 1.807) is 13.0 Å². The largest absolute Gasteiger partial charge is 0.446 e. The Morgan fingerprint density at radius 3 is 2.67 bits per heavy atom. The number of hydrogen-bond donors (Lipinski definition) is 1. The molecule has 100 valence electrons. The van der Waals surface area contributed by atoms with Gasteiger partial charge in [0.15, 0.2) is 0 Å². The van der Waals surface area contributed by atoms with Crippen molar-refractivity contribution < 1.29 is 22.7 Å². The molecule has 0 bridgehead atoms. The van der Waals surface area contributed by atoms with Crippen molar-refractivity contribution in [1.82, 2.24) is 0 Å². The Hall–Kier alpha value is -1.21. The van der Waals surface area contributed by atoms with Crippen LogP contribution in [0.3, 0.4) is 0 Å². The van der Waals surface area contributed by atoms with Gasteiger partial charge in [0.2, 0.25) is 5.91 Å². The second-order valence-electron chi connectivity index (χ2n) is 3.23. The fourth-order valence-corrected chi connectivity index (χ4v) is 1.79. The zero-order chi connectivity index (χ0) is 13.6. The zero-order valence-corrected chi connectivity index (χ0v) is 10.4. The molecule has 3 nitrogen and oxygen atoms in total. The lowest BCUT2D eigenvalue weighted by atomic mass is 10.3. The minimum atomic E-state index is -4.39. The predicted octanol–water partition coefficient (Wildman–Crippen LogP) is 3.27. The van der Waals surface area contributed by atoms with Gasteiger partial charge in [-0.1, -0.05) is 12.1 Å². The number of rotatable bonds is 5. The molecule has 7 heteroatoms. The highest BCUT2D eigenvalue weighted by atomic mass is 32.2. The summed E-state index contributed by atoms with van der Waals surface area (Å²) in [5.74, 6) is -0.480. The van der Waals surface area contributed by atoms with E-state index in [9.17, 15) is 18.0 Å². The molecule has 0 unspecified atom stereocenters. The SMILES string of the molecule is CCOCC(=O)Nc1ccccc1SC(F)(F)F. The van der Waals surface area contributed by atoms with Crippen LogP contribution in [0.4, 0.5) is 18.9 Å². The monoisotopic (exact) mass is 279 g/mol. The van der Waals surface area contributed by atoms with Crippen LogP contribution in [-0.4, -0.2) is 24.6 Å². The van der Waals surface area contributed by atoms with Crippen LogP contribution in [0.25, 0.3) is 0 Å². The second-order valence-corrected chi connectivity index (χ2v) is 4.34. The van der Waals surface area contributed by atoms with Crippen LogP contribution >= 0.6 is 11.8 Å². The zero-order valence-electron chi connectivity index (χ0n) is 9.58. The van der Waals surface area contributed by atoms with Gasteiger partial charge in [0, 0.05) is 11.5 Å². The van der Waals surface area contributed by atoms with Crippen LogP contribution in [0.1, 0.15) is 6.92 Å². The summed E-state index contributed by atoms with van der Waals surface area (Å²) >= 11 is -0.262. The lowest BCUT2D eigenvalue weighted by Gasteiger charge is -2.12.